The third-order valence-electron chi connectivity index (χ3n) is 4.34. The normalized spacial score (nSPS) is 20.8. The number of imidazole rings is 1. The van der Waals surface area contributed by atoms with Crippen LogP contribution in [0, 0.1) is 0 Å². The Bertz CT molecular complexity index is 388. The summed E-state index contributed by atoms with van der Waals surface area (Å²) < 4.78 is 2.46. The van der Waals surface area contributed by atoms with Crippen molar-refractivity contribution in [2.24, 2.45) is 5.73 Å². The van der Waals surface area contributed by atoms with Gasteiger partial charge in [-0.2, -0.15) is 0 Å². The average molecular weight is 233 g/mol. The second-order valence-corrected chi connectivity index (χ2v) is 5.49. The van der Waals surface area contributed by atoms with Crippen LogP contribution in [0.15, 0.2) is 0 Å². The SMILES string of the molecule is NCCc1nc(C2CCCCC2)c2n1CCC2. The van der Waals surface area contributed by atoms with Gasteiger partial charge in [-0.05, 0) is 32.2 Å². The van der Waals surface area contributed by atoms with Gasteiger partial charge in [0.05, 0.1) is 5.69 Å². The van der Waals surface area contributed by atoms with Crippen LogP contribution < -0.4 is 5.73 Å². The largest absolute Gasteiger partial charge is 0.332 e. The zero-order valence-corrected chi connectivity index (χ0v) is 10.6. The van der Waals surface area contributed by atoms with E-state index in [0.717, 1.165) is 18.9 Å². The van der Waals surface area contributed by atoms with Gasteiger partial charge in [0.2, 0.25) is 0 Å². The molecule has 1 saturated carbocycles. The maximum atomic E-state index is 5.69. The molecule has 0 amide bonds. The average Bonchev–Trinajstić information content (AvgIpc) is 2.94. The highest BCUT2D eigenvalue weighted by Gasteiger charge is 2.27. The summed E-state index contributed by atoms with van der Waals surface area (Å²) in [6, 6.07) is 0. The molecule has 3 rings (SSSR count). The Morgan fingerprint density at radius 3 is 2.76 bits per heavy atom. The highest BCUT2D eigenvalue weighted by molar-refractivity contribution is 5.24. The molecule has 3 nitrogen and oxygen atoms in total. The molecule has 0 atom stereocenters. The van der Waals surface area contributed by atoms with Crippen molar-refractivity contribution in [3.05, 3.63) is 17.2 Å². The topological polar surface area (TPSA) is 43.8 Å². The van der Waals surface area contributed by atoms with Crippen molar-refractivity contribution < 1.29 is 0 Å². The van der Waals surface area contributed by atoms with Gasteiger partial charge in [0.15, 0.2) is 0 Å². The molecule has 17 heavy (non-hydrogen) atoms. The molecule has 1 aromatic rings. The van der Waals surface area contributed by atoms with Gasteiger partial charge in [-0.3, -0.25) is 0 Å². The summed E-state index contributed by atoms with van der Waals surface area (Å²) in [5.74, 6) is 2.00. The molecule has 2 aliphatic rings. The Kier molecular flexibility index (Phi) is 3.19. The van der Waals surface area contributed by atoms with Crippen molar-refractivity contribution in [1.82, 2.24) is 9.55 Å². The summed E-state index contributed by atoms with van der Waals surface area (Å²) >= 11 is 0. The lowest BCUT2D eigenvalue weighted by Gasteiger charge is -2.20. The van der Waals surface area contributed by atoms with Crippen LogP contribution in [0.5, 0.6) is 0 Å². The number of hydrogen-bond donors (Lipinski definition) is 1. The zero-order chi connectivity index (χ0) is 11.7. The lowest BCUT2D eigenvalue weighted by molar-refractivity contribution is 0.435. The van der Waals surface area contributed by atoms with Crippen LogP contribution in [0.4, 0.5) is 0 Å². The minimum Gasteiger partial charge on any atom is -0.332 e. The monoisotopic (exact) mass is 233 g/mol. The fourth-order valence-corrected chi connectivity index (χ4v) is 3.51. The van der Waals surface area contributed by atoms with Gasteiger partial charge in [0.1, 0.15) is 5.82 Å². The summed E-state index contributed by atoms with van der Waals surface area (Å²) in [6.45, 7) is 1.89. The van der Waals surface area contributed by atoms with Crippen molar-refractivity contribution in [3.8, 4) is 0 Å². The van der Waals surface area contributed by atoms with E-state index in [-0.39, 0.29) is 0 Å². The predicted octanol–water partition coefficient (Wildman–Crippen LogP) is 2.38. The van der Waals surface area contributed by atoms with E-state index < -0.39 is 0 Å². The van der Waals surface area contributed by atoms with Crippen LogP contribution in [0.25, 0.3) is 0 Å². The molecule has 0 aromatic carbocycles. The molecular weight excluding hydrogens is 210 g/mol. The van der Waals surface area contributed by atoms with E-state index in [1.54, 1.807) is 5.69 Å². The molecule has 1 aliphatic carbocycles. The van der Waals surface area contributed by atoms with Crippen LogP contribution in [-0.4, -0.2) is 16.1 Å². The van der Waals surface area contributed by atoms with E-state index in [1.807, 2.05) is 0 Å². The number of nitrogens with zero attached hydrogens (tertiary/aromatic N) is 2. The van der Waals surface area contributed by atoms with Crippen LogP contribution in [0.3, 0.4) is 0 Å². The summed E-state index contributed by atoms with van der Waals surface area (Å²) in [5, 5.41) is 0. The van der Waals surface area contributed by atoms with Crippen LogP contribution >= 0.6 is 0 Å². The van der Waals surface area contributed by atoms with Gasteiger partial charge >= 0.3 is 0 Å². The number of hydrogen-bond acceptors (Lipinski definition) is 2. The highest BCUT2D eigenvalue weighted by atomic mass is 15.1. The molecule has 1 aliphatic heterocycles. The smallest absolute Gasteiger partial charge is 0.110 e. The summed E-state index contributed by atoms with van der Waals surface area (Å²) in [4.78, 5) is 4.93. The third-order valence-corrected chi connectivity index (χ3v) is 4.34. The molecule has 1 aromatic heterocycles. The molecule has 2 heterocycles. The maximum absolute atomic E-state index is 5.69. The van der Waals surface area contributed by atoms with E-state index >= 15 is 0 Å². The summed E-state index contributed by atoms with van der Waals surface area (Å²) in [7, 11) is 0. The second-order valence-electron chi connectivity index (χ2n) is 5.49. The molecule has 0 bridgehead atoms. The van der Waals surface area contributed by atoms with E-state index in [1.165, 1.54) is 63.0 Å². The molecule has 0 spiro atoms. The summed E-state index contributed by atoms with van der Waals surface area (Å²) in [5.41, 5.74) is 8.67. The Hall–Kier alpha value is -0.830. The third kappa shape index (κ3) is 2.01. The standard InChI is InChI=1S/C14H23N3/c15-9-8-13-16-14(11-5-2-1-3-6-11)12-7-4-10-17(12)13/h11H,1-10,15H2. The number of aromatic nitrogens is 2. The Labute approximate surface area is 103 Å². The minimum absolute atomic E-state index is 0.723. The molecule has 1 fully saturated rings. The molecule has 94 valence electrons. The Balaban J connectivity index is 1.90. The molecule has 0 saturated heterocycles. The van der Waals surface area contributed by atoms with Crippen molar-refractivity contribution in [2.45, 2.75) is 63.8 Å². The fraction of sp³-hybridized carbons (Fsp3) is 0.786. The van der Waals surface area contributed by atoms with Crippen molar-refractivity contribution in [2.75, 3.05) is 6.54 Å². The lowest BCUT2D eigenvalue weighted by Crippen LogP contribution is -2.09. The van der Waals surface area contributed by atoms with E-state index in [2.05, 4.69) is 4.57 Å². The Morgan fingerprint density at radius 2 is 2.00 bits per heavy atom. The van der Waals surface area contributed by atoms with Gasteiger partial charge in [0, 0.05) is 24.6 Å². The second kappa shape index (κ2) is 4.81. The van der Waals surface area contributed by atoms with Crippen LogP contribution in [0.2, 0.25) is 0 Å². The van der Waals surface area contributed by atoms with Crippen molar-refractivity contribution in [3.63, 3.8) is 0 Å². The molecule has 2 N–H and O–H groups in total. The van der Waals surface area contributed by atoms with E-state index in [9.17, 15) is 0 Å². The first-order valence-electron chi connectivity index (χ1n) is 7.18. The first-order chi connectivity index (χ1) is 8.40. The van der Waals surface area contributed by atoms with Gasteiger partial charge in [0.25, 0.3) is 0 Å². The van der Waals surface area contributed by atoms with E-state index in [0.29, 0.717) is 0 Å². The minimum atomic E-state index is 0.723. The molecule has 0 radical (unpaired) electrons. The van der Waals surface area contributed by atoms with Crippen molar-refractivity contribution >= 4 is 0 Å². The maximum Gasteiger partial charge on any atom is 0.110 e. The first-order valence-corrected chi connectivity index (χ1v) is 7.18. The van der Waals surface area contributed by atoms with Gasteiger partial charge in [-0.25, -0.2) is 4.98 Å². The van der Waals surface area contributed by atoms with Crippen LogP contribution in [0.1, 0.15) is 61.7 Å². The quantitative estimate of drug-likeness (QED) is 0.871. The highest BCUT2D eigenvalue weighted by Crippen LogP contribution is 2.36. The number of rotatable bonds is 3. The van der Waals surface area contributed by atoms with Gasteiger partial charge in [-0.1, -0.05) is 19.3 Å². The lowest BCUT2D eigenvalue weighted by atomic mass is 9.86. The fourth-order valence-electron chi connectivity index (χ4n) is 3.51. The van der Waals surface area contributed by atoms with Crippen LogP contribution in [-0.2, 0) is 19.4 Å². The molecule has 0 unspecified atom stereocenters. The molecular formula is C14H23N3. The Morgan fingerprint density at radius 1 is 1.18 bits per heavy atom. The summed E-state index contributed by atoms with van der Waals surface area (Å²) in [6.07, 6.45) is 10.4. The van der Waals surface area contributed by atoms with Crippen molar-refractivity contribution in [1.29, 1.82) is 0 Å². The van der Waals surface area contributed by atoms with Gasteiger partial charge in [-0.15, -0.1) is 0 Å². The zero-order valence-electron chi connectivity index (χ0n) is 10.6. The van der Waals surface area contributed by atoms with E-state index in [4.69, 9.17) is 10.7 Å². The predicted molar refractivity (Wildman–Crippen MR) is 69.1 cm³/mol. The molecule has 3 heteroatoms. The first kappa shape index (κ1) is 11.3. The van der Waals surface area contributed by atoms with Gasteiger partial charge < -0.3 is 10.3 Å². The number of fused-ring (bicyclic) bond motifs is 1. The number of nitrogens with two attached hydrogens (primary N) is 1.